The van der Waals surface area contributed by atoms with Gasteiger partial charge in [-0.2, -0.15) is 0 Å². The monoisotopic (exact) mass is 292 g/mol. The molecular formula is C18H32N2O. The van der Waals surface area contributed by atoms with E-state index in [1.54, 1.807) is 0 Å². The van der Waals surface area contributed by atoms with Crippen molar-refractivity contribution in [2.24, 2.45) is 11.8 Å². The van der Waals surface area contributed by atoms with Crippen molar-refractivity contribution < 1.29 is 4.42 Å². The molecule has 0 aromatic carbocycles. The number of hydrogen-bond donors (Lipinski definition) is 1. The van der Waals surface area contributed by atoms with E-state index in [1.807, 2.05) is 6.92 Å². The predicted octanol–water partition coefficient (Wildman–Crippen LogP) is 3.99. The molecule has 2 heterocycles. The van der Waals surface area contributed by atoms with Crippen LogP contribution in [0.5, 0.6) is 0 Å². The first kappa shape index (κ1) is 16.6. The second-order valence-electron chi connectivity index (χ2n) is 7.37. The normalized spacial score (nSPS) is 25.7. The van der Waals surface area contributed by atoms with Crippen molar-refractivity contribution in [3.05, 3.63) is 23.7 Å². The Bertz CT molecular complexity index is 438. The summed E-state index contributed by atoms with van der Waals surface area (Å²) in [7, 11) is 0. The first-order chi connectivity index (χ1) is 9.88. The van der Waals surface area contributed by atoms with E-state index in [0.29, 0.717) is 24.0 Å². The lowest BCUT2D eigenvalue weighted by atomic mass is 9.93. The molecule has 0 spiro atoms. The molecule has 1 N–H and O–H groups in total. The Hall–Kier alpha value is -0.800. The molecule has 1 aromatic heterocycles. The molecule has 1 aliphatic rings. The van der Waals surface area contributed by atoms with Crippen LogP contribution in [0.3, 0.4) is 0 Å². The second-order valence-corrected chi connectivity index (χ2v) is 7.37. The van der Waals surface area contributed by atoms with Gasteiger partial charge < -0.3 is 9.73 Å². The molecule has 3 unspecified atom stereocenters. The summed E-state index contributed by atoms with van der Waals surface area (Å²) >= 11 is 0. The van der Waals surface area contributed by atoms with E-state index in [4.69, 9.17) is 4.42 Å². The minimum Gasteiger partial charge on any atom is -0.465 e. The molecule has 2 rings (SSSR count). The molecule has 1 saturated heterocycles. The maximum absolute atomic E-state index is 5.88. The van der Waals surface area contributed by atoms with Crippen LogP contribution in [-0.2, 0) is 0 Å². The van der Waals surface area contributed by atoms with E-state index in [1.165, 1.54) is 6.42 Å². The van der Waals surface area contributed by atoms with Crippen LogP contribution in [0.1, 0.15) is 58.6 Å². The largest absolute Gasteiger partial charge is 0.465 e. The molecule has 0 radical (unpaired) electrons. The third kappa shape index (κ3) is 4.10. The number of nitrogens with one attached hydrogen (secondary N) is 1. The summed E-state index contributed by atoms with van der Waals surface area (Å²) in [6.07, 6.45) is 1.24. The zero-order valence-electron chi connectivity index (χ0n) is 14.5. The van der Waals surface area contributed by atoms with Gasteiger partial charge in [-0.1, -0.05) is 27.7 Å². The average Bonchev–Trinajstić information content (AvgIpc) is 2.83. The Morgan fingerprint density at radius 1 is 1.24 bits per heavy atom. The van der Waals surface area contributed by atoms with Gasteiger partial charge in [0.25, 0.3) is 0 Å². The molecule has 0 aliphatic carbocycles. The van der Waals surface area contributed by atoms with Crippen molar-refractivity contribution >= 4 is 0 Å². The summed E-state index contributed by atoms with van der Waals surface area (Å²) in [5.74, 6) is 3.49. The topological polar surface area (TPSA) is 28.4 Å². The summed E-state index contributed by atoms with van der Waals surface area (Å²) in [6, 6.07) is 5.73. The maximum atomic E-state index is 5.88. The summed E-state index contributed by atoms with van der Waals surface area (Å²) in [5, 5.41) is 3.75. The van der Waals surface area contributed by atoms with E-state index < -0.39 is 0 Å². The summed E-state index contributed by atoms with van der Waals surface area (Å²) in [6.45, 7) is 15.8. The number of furan rings is 1. The Kier molecular flexibility index (Phi) is 5.50. The van der Waals surface area contributed by atoms with Crippen molar-refractivity contribution in [2.75, 3.05) is 13.1 Å². The fourth-order valence-corrected chi connectivity index (χ4v) is 3.49. The van der Waals surface area contributed by atoms with Gasteiger partial charge in [0.05, 0.1) is 6.04 Å². The number of aryl methyl sites for hydroxylation is 1. The number of rotatable bonds is 5. The highest BCUT2D eigenvalue weighted by molar-refractivity contribution is 5.10. The Labute approximate surface area is 130 Å². The third-order valence-electron chi connectivity index (χ3n) is 4.67. The molecule has 1 fully saturated rings. The zero-order valence-corrected chi connectivity index (χ0v) is 14.5. The lowest BCUT2D eigenvalue weighted by Gasteiger charge is -2.45. The van der Waals surface area contributed by atoms with Crippen LogP contribution in [0.25, 0.3) is 0 Å². The van der Waals surface area contributed by atoms with Gasteiger partial charge in [0.2, 0.25) is 0 Å². The van der Waals surface area contributed by atoms with Crippen LogP contribution in [0.4, 0.5) is 0 Å². The molecule has 1 aliphatic heterocycles. The lowest BCUT2D eigenvalue weighted by Crippen LogP contribution is -2.58. The number of nitrogens with zero attached hydrogens (tertiary/aromatic N) is 1. The highest BCUT2D eigenvalue weighted by atomic mass is 16.3. The number of hydrogen-bond acceptors (Lipinski definition) is 3. The predicted molar refractivity (Wildman–Crippen MR) is 88.4 cm³/mol. The van der Waals surface area contributed by atoms with Gasteiger partial charge in [0.15, 0.2) is 0 Å². The fraction of sp³-hybridized carbons (Fsp3) is 0.778. The minimum absolute atomic E-state index is 0.350. The molecule has 0 saturated carbocycles. The molecule has 1 aromatic rings. The maximum Gasteiger partial charge on any atom is 0.121 e. The smallest absolute Gasteiger partial charge is 0.121 e. The Balaban J connectivity index is 2.13. The standard InChI is InChI=1S/C18H32N2O/c1-12(2)9-16-11-20(17(10-19-16)13(3)4)15(6)18-8-7-14(5)21-18/h7-8,12-13,15-17,19H,9-11H2,1-6H3. The van der Waals surface area contributed by atoms with Gasteiger partial charge in [-0.05, 0) is 44.2 Å². The van der Waals surface area contributed by atoms with Crippen molar-refractivity contribution in [3.63, 3.8) is 0 Å². The quantitative estimate of drug-likeness (QED) is 0.889. The molecular weight excluding hydrogens is 260 g/mol. The van der Waals surface area contributed by atoms with E-state index in [0.717, 1.165) is 30.5 Å². The van der Waals surface area contributed by atoms with Crippen LogP contribution in [0, 0.1) is 18.8 Å². The summed E-state index contributed by atoms with van der Waals surface area (Å²) in [4.78, 5) is 2.65. The zero-order chi connectivity index (χ0) is 15.6. The summed E-state index contributed by atoms with van der Waals surface area (Å²) < 4.78 is 5.88. The fourth-order valence-electron chi connectivity index (χ4n) is 3.49. The van der Waals surface area contributed by atoms with Gasteiger partial charge in [-0.3, -0.25) is 4.90 Å². The molecule has 0 amide bonds. The van der Waals surface area contributed by atoms with E-state index >= 15 is 0 Å². The Morgan fingerprint density at radius 3 is 2.48 bits per heavy atom. The Morgan fingerprint density at radius 2 is 1.95 bits per heavy atom. The van der Waals surface area contributed by atoms with Crippen molar-refractivity contribution in [2.45, 2.75) is 66.1 Å². The first-order valence-electron chi connectivity index (χ1n) is 8.44. The molecule has 0 bridgehead atoms. The van der Waals surface area contributed by atoms with E-state index in [2.05, 4.69) is 57.0 Å². The molecule has 21 heavy (non-hydrogen) atoms. The van der Waals surface area contributed by atoms with Crippen LogP contribution in [0.2, 0.25) is 0 Å². The molecule has 120 valence electrons. The highest BCUT2D eigenvalue weighted by Crippen LogP contribution is 2.29. The number of piperazine rings is 1. The molecule has 3 nitrogen and oxygen atoms in total. The van der Waals surface area contributed by atoms with E-state index in [9.17, 15) is 0 Å². The van der Waals surface area contributed by atoms with Crippen LogP contribution >= 0.6 is 0 Å². The van der Waals surface area contributed by atoms with Crippen molar-refractivity contribution in [1.82, 2.24) is 10.2 Å². The average molecular weight is 292 g/mol. The van der Waals surface area contributed by atoms with Gasteiger partial charge in [0.1, 0.15) is 11.5 Å². The highest BCUT2D eigenvalue weighted by Gasteiger charge is 2.34. The van der Waals surface area contributed by atoms with Crippen LogP contribution in [0.15, 0.2) is 16.5 Å². The van der Waals surface area contributed by atoms with Crippen molar-refractivity contribution in [1.29, 1.82) is 0 Å². The molecule has 3 atom stereocenters. The first-order valence-corrected chi connectivity index (χ1v) is 8.44. The lowest BCUT2D eigenvalue weighted by molar-refractivity contribution is 0.0486. The van der Waals surface area contributed by atoms with Gasteiger partial charge in [-0.15, -0.1) is 0 Å². The van der Waals surface area contributed by atoms with Crippen LogP contribution < -0.4 is 5.32 Å². The molecule has 3 heteroatoms. The van der Waals surface area contributed by atoms with Gasteiger partial charge in [0, 0.05) is 25.2 Å². The van der Waals surface area contributed by atoms with Gasteiger partial charge >= 0.3 is 0 Å². The third-order valence-corrected chi connectivity index (χ3v) is 4.67. The minimum atomic E-state index is 0.350. The van der Waals surface area contributed by atoms with Crippen LogP contribution in [-0.4, -0.2) is 30.1 Å². The SMILES string of the molecule is Cc1ccc(C(C)N2CC(CC(C)C)NCC2C(C)C)o1. The van der Waals surface area contributed by atoms with Gasteiger partial charge in [-0.25, -0.2) is 0 Å². The summed E-state index contributed by atoms with van der Waals surface area (Å²) in [5.41, 5.74) is 0. The second kappa shape index (κ2) is 6.97. The van der Waals surface area contributed by atoms with Crippen molar-refractivity contribution in [3.8, 4) is 0 Å². The van der Waals surface area contributed by atoms with E-state index in [-0.39, 0.29) is 0 Å².